The fraction of sp³-hybridized carbons (Fsp3) is 0.538. The maximum Gasteiger partial charge on any atom is 0.208 e. The fourth-order valence-corrected chi connectivity index (χ4v) is 1.99. The summed E-state index contributed by atoms with van der Waals surface area (Å²) in [7, 11) is 0. The summed E-state index contributed by atoms with van der Waals surface area (Å²) in [4.78, 5) is 0. The monoisotopic (exact) mass is 223 g/mol. The van der Waals surface area contributed by atoms with Crippen molar-refractivity contribution in [1.82, 2.24) is 5.32 Å². The van der Waals surface area contributed by atoms with Gasteiger partial charge < -0.3 is 10.1 Å². The fourth-order valence-electron chi connectivity index (χ4n) is 1.99. The Morgan fingerprint density at radius 3 is 2.44 bits per heavy atom. The first-order valence-electron chi connectivity index (χ1n) is 6.01. The van der Waals surface area contributed by atoms with Gasteiger partial charge in [-0.3, -0.25) is 0 Å². The standard InChI is InChI=1S/C7H15N.C6H3FO/c1-2-7-5-3-4-6-8-7;7-6-4-2-1-3-5(6)8-4/h7-8H,2-6H2,1H3;1-3H. The highest BCUT2D eigenvalue weighted by Gasteiger charge is 2.19. The van der Waals surface area contributed by atoms with Crippen LogP contribution in [0.4, 0.5) is 4.39 Å². The van der Waals surface area contributed by atoms with Crippen LogP contribution in [0.1, 0.15) is 32.6 Å². The van der Waals surface area contributed by atoms with Crippen molar-refractivity contribution in [1.29, 1.82) is 0 Å². The lowest BCUT2D eigenvalue weighted by Gasteiger charge is -2.21. The Labute approximate surface area is 95.8 Å². The molecule has 0 saturated carbocycles. The van der Waals surface area contributed by atoms with Gasteiger partial charge in [-0.2, -0.15) is 4.39 Å². The highest BCUT2D eigenvalue weighted by atomic mass is 19.1. The van der Waals surface area contributed by atoms with Crippen LogP contribution in [0.15, 0.2) is 18.2 Å². The number of benzene rings is 1. The van der Waals surface area contributed by atoms with Gasteiger partial charge in [-0.15, -0.1) is 0 Å². The Morgan fingerprint density at radius 1 is 1.38 bits per heavy atom. The lowest BCUT2D eigenvalue weighted by Crippen LogP contribution is -2.32. The number of rotatable bonds is 1. The van der Waals surface area contributed by atoms with Crippen molar-refractivity contribution in [3.8, 4) is 11.5 Å². The molecule has 3 heteroatoms. The first-order chi connectivity index (χ1) is 7.81. The molecule has 0 spiro atoms. The second-order valence-corrected chi connectivity index (χ2v) is 4.23. The molecule has 1 atom stereocenters. The normalized spacial score (nSPS) is 21.2. The Balaban J connectivity index is 0.000000120. The number of hydrogen-bond acceptors (Lipinski definition) is 2. The van der Waals surface area contributed by atoms with Gasteiger partial charge in [-0.25, -0.2) is 0 Å². The van der Waals surface area contributed by atoms with Crippen LogP contribution in [0.2, 0.25) is 0 Å². The van der Waals surface area contributed by atoms with Gasteiger partial charge in [0.25, 0.3) is 0 Å². The third kappa shape index (κ3) is 2.53. The molecule has 0 amide bonds. The number of nitrogens with one attached hydrogen (secondary N) is 1. The van der Waals surface area contributed by atoms with E-state index in [0.29, 0.717) is 11.5 Å². The van der Waals surface area contributed by atoms with E-state index < -0.39 is 0 Å². The molecule has 88 valence electrons. The zero-order chi connectivity index (χ0) is 11.4. The first-order valence-corrected chi connectivity index (χ1v) is 6.01. The smallest absolute Gasteiger partial charge is 0.208 e. The van der Waals surface area contributed by atoms with Crippen LogP contribution in [0, 0.1) is 5.82 Å². The quantitative estimate of drug-likeness (QED) is 0.799. The van der Waals surface area contributed by atoms with Crippen LogP contribution >= 0.6 is 0 Å². The van der Waals surface area contributed by atoms with Gasteiger partial charge in [0.05, 0.1) is 0 Å². The molecular weight excluding hydrogens is 205 g/mol. The molecule has 3 aliphatic heterocycles. The zero-order valence-corrected chi connectivity index (χ0v) is 9.63. The van der Waals surface area contributed by atoms with Crippen LogP contribution in [0.3, 0.4) is 0 Å². The average molecular weight is 223 g/mol. The molecule has 16 heavy (non-hydrogen) atoms. The molecule has 1 aromatic carbocycles. The van der Waals surface area contributed by atoms with Gasteiger partial charge in [0.1, 0.15) is 0 Å². The van der Waals surface area contributed by atoms with Crippen LogP contribution in [-0.2, 0) is 0 Å². The molecule has 0 radical (unpaired) electrons. The van der Waals surface area contributed by atoms with Crippen molar-refractivity contribution in [2.75, 3.05) is 6.54 Å². The maximum absolute atomic E-state index is 12.3. The number of fused-ring (bicyclic) bond motifs is 2. The Bertz CT molecular complexity index is 328. The van der Waals surface area contributed by atoms with Crippen molar-refractivity contribution in [2.24, 2.45) is 0 Å². The third-order valence-corrected chi connectivity index (χ3v) is 3.05. The second-order valence-electron chi connectivity index (χ2n) is 4.23. The average Bonchev–Trinajstić information content (AvgIpc) is 2.40. The summed E-state index contributed by atoms with van der Waals surface area (Å²) < 4.78 is 17.0. The van der Waals surface area contributed by atoms with Crippen molar-refractivity contribution >= 4 is 0 Å². The molecule has 0 aliphatic carbocycles. The summed E-state index contributed by atoms with van der Waals surface area (Å²) >= 11 is 0. The van der Waals surface area contributed by atoms with Crippen LogP contribution in [0.5, 0.6) is 11.5 Å². The SMILES string of the molecule is CCC1CCCCN1.Fc1c2cccc1O2. The molecule has 4 rings (SSSR count). The van der Waals surface area contributed by atoms with Gasteiger partial charge in [0.2, 0.25) is 5.82 Å². The van der Waals surface area contributed by atoms with Gasteiger partial charge in [0, 0.05) is 6.04 Å². The molecule has 0 aromatic heterocycles. The molecule has 2 nitrogen and oxygen atoms in total. The van der Waals surface area contributed by atoms with E-state index in [1.807, 2.05) is 0 Å². The Hall–Kier alpha value is -1.09. The van der Waals surface area contributed by atoms with Crippen molar-refractivity contribution in [3.63, 3.8) is 0 Å². The van der Waals surface area contributed by atoms with E-state index in [1.54, 1.807) is 18.2 Å². The van der Waals surface area contributed by atoms with Gasteiger partial charge in [-0.05, 0) is 37.9 Å². The molecule has 3 aliphatic rings. The molecule has 1 saturated heterocycles. The number of piperidine rings is 1. The summed E-state index contributed by atoms with van der Waals surface area (Å²) in [5, 5.41) is 3.47. The molecule has 1 fully saturated rings. The zero-order valence-electron chi connectivity index (χ0n) is 9.63. The predicted molar refractivity (Wildman–Crippen MR) is 62.4 cm³/mol. The van der Waals surface area contributed by atoms with Crippen molar-refractivity contribution in [3.05, 3.63) is 24.0 Å². The Kier molecular flexibility index (Phi) is 3.78. The molecule has 1 N–H and O–H groups in total. The third-order valence-electron chi connectivity index (χ3n) is 3.05. The highest BCUT2D eigenvalue weighted by Crippen LogP contribution is 2.38. The Morgan fingerprint density at radius 2 is 2.12 bits per heavy atom. The minimum atomic E-state index is -0.215. The van der Waals surface area contributed by atoms with Crippen LogP contribution < -0.4 is 10.1 Å². The van der Waals surface area contributed by atoms with Crippen LogP contribution in [0.25, 0.3) is 0 Å². The largest absolute Gasteiger partial charge is 0.451 e. The maximum atomic E-state index is 12.3. The molecule has 1 unspecified atom stereocenters. The van der Waals surface area contributed by atoms with Crippen LogP contribution in [-0.4, -0.2) is 12.6 Å². The van der Waals surface area contributed by atoms with E-state index in [2.05, 4.69) is 12.2 Å². The van der Waals surface area contributed by atoms with Crippen molar-refractivity contribution in [2.45, 2.75) is 38.6 Å². The van der Waals surface area contributed by atoms with E-state index in [0.717, 1.165) is 6.04 Å². The topological polar surface area (TPSA) is 21.3 Å². The van der Waals surface area contributed by atoms with E-state index in [9.17, 15) is 4.39 Å². The van der Waals surface area contributed by atoms with Gasteiger partial charge in [-0.1, -0.05) is 19.4 Å². The van der Waals surface area contributed by atoms with Gasteiger partial charge in [0.15, 0.2) is 11.5 Å². The lowest BCUT2D eigenvalue weighted by molar-refractivity contribution is 0.350. The summed E-state index contributed by atoms with van der Waals surface area (Å²) in [5.41, 5.74) is 0. The molecule has 2 bridgehead atoms. The summed E-state index contributed by atoms with van der Waals surface area (Å²) in [5.74, 6) is 0.512. The second kappa shape index (κ2) is 5.30. The van der Waals surface area contributed by atoms with Crippen molar-refractivity contribution < 1.29 is 9.13 Å². The van der Waals surface area contributed by atoms with E-state index in [1.165, 1.54) is 32.2 Å². The predicted octanol–water partition coefficient (Wildman–Crippen LogP) is 3.47. The minimum absolute atomic E-state index is 0.215. The van der Waals surface area contributed by atoms with E-state index in [4.69, 9.17) is 4.74 Å². The minimum Gasteiger partial charge on any atom is -0.451 e. The lowest BCUT2D eigenvalue weighted by atomic mass is 10.0. The first kappa shape index (κ1) is 11.4. The number of ether oxygens (including phenoxy) is 1. The van der Waals surface area contributed by atoms with E-state index >= 15 is 0 Å². The molecular formula is C13H18FNO. The number of halogens is 1. The molecule has 3 heterocycles. The number of hydrogen-bond donors (Lipinski definition) is 1. The molecule has 1 aromatic rings. The highest BCUT2D eigenvalue weighted by molar-refractivity contribution is 5.46. The summed E-state index contributed by atoms with van der Waals surface area (Å²) in [6.45, 7) is 3.50. The summed E-state index contributed by atoms with van der Waals surface area (Å²) in [6.07, 6.45) is 5.53. The summed E-state index contributed by atoms with van der Waals surface area (Å²) in [6, 6.07) is 5.80. The van der Waals surface area contributed by atoms with Gasteiger partial charge >= 0.3 is 0 Å². The van der Waals surface area contributed by atoms with E-state index in [-0.39, 0.29) is 5.82 Å².